The van der Waals surface area contributed by atoms with Gasteiger partial charge >= 0.3 is 5.97 Å². The van der Waals surface area contributed by atoms with Gasteiger partial charge in [0, 0.05) is 20.1 Å². The third-order valence-corrected chi connectivity index (χ3v) is 6.54. The Morgan fingerprint density at radius 3 is 2.48 bits per heavy atom. The summed E-state index contributed by atoms with van der Waals surface area (Å²) in [6.45, 7) is 1.63. The number of sulfonamides is 1. The summed E-state index contributed by atoms with van der Waals surface area (Å²) in [7, 11) is -1.86. The predicted molar refractivity (Wildman–Crippen MR) is 113 cm³/mol. The van der Waals surface area contributed by atoms with Crippen molar-refractivity contribution < 1.29 is 27.4 Å². The highest BCUT2D eigenvalue weighted by atomic mass is 35.5. The largest absolute Gasteiger partial charge is 0.490 e. The van der Waals surface area contributed by atoms with Crippen LogP contribution < -0.4 is 9.64 Å². The van der Waals surface area contributed by atoms with E-state index >= 15 is 0 Å². The second-order valence-electron chi connectivity index (χ2n) is 6.63. The van der Waals surface area contributed by atoms with E-state index in [0.717, 1.165) is 0 Å². The van der Waals surface area contributed by atoms with E-state index in [2.05, 4.69) is 10.2 Å². The van der Waals surface area contributed by atoms with Gasteiger partial charge in [0.2, 0.25) is 10.0 Å². The van der Waals surface area contributed by atoms with Crippen molar-refractivity contribution in [3.8, 4) is 5.75 Å². The van der Waals surface area contributed by atoms with E-state index in [1.165, 1.54) is 16.4 Å². The molecule has 10 nitrogen and oxygen atoms in total. The van der Waals surface area contributed by atoms with E-state index in [-0.39, 0.29) is 29.8 Å². The van der Waals surface area contributed by atoms with Crippen molar-refractivity contribution >= 4 is 33.4 Å². The number of carbonyl (C=O) groups is 1. The number of hydrogen-bond acceptors (Lipinski definition) is 9. The Hall–Kier alpha value is -2.47. The third kappa shape index (κ3) is 6.50. The Kier molecular flexibility index (Phi) is 8.02. The second kappa shape index (κ2) is 10.7. The van der Waals surface area contributed by atoms with Gasteiger partial charge in [-0.3, -0.25) is 4.79 Å². The lowest BCUT2D eigenvalue weighted by Gasteiger charge is -2.26. The summed E-state index contributed by atoms with van der Waals surface area (Å²) in [5.41, 5.74) is 0. The number of ether oxygens (including phenoxy) is 3. The van der Waals surface area contributed by atoms with Gasteiger partial charge in [-0.05, 0) is 36.4 Å². The quantitative estimate of drug-likeness (QED) is 0.394. The maximum Gasteiger partial charge on any atom is 0.325 e. The molecule has 1 aromatic heterocycles. The first-order chi connectivity index (χ1) is 14.9. The molecule has 0 atom stereocenters. The summed E-state index contributed by atoms with van der Waals surface area (Å²) in [4.78, 5) is 13.7. The van der Waals surface area contributed by atoms with Crippen LogP contribution in [0.2, 0.25) is 5.15 Å². The minimum atomic E-state index is -3.55. The van der Waals surface area contributed by atoms with E-state index < -0.39 is 16.0 Å². The molecule has 168 valence electrons. The fourth-order valence-electron chi connectivity index (χ4n) is 2.79. The molecule has 0 radical (unpaired) electrons. The number of carbonyl (C=O) groups excluding carboxylic acids is 1. The molecule has 12 heteroatoms. The van der Waals surface area contributed by atoms with E-state index in [9.17, 15) is 13.2 Å². The molecule has 2 heterocycles. The number of anilines is 1. The van der Waals surface area contributed by atoms with Gasteiger partial charge in [-0.25, -0.2) is 8.42 Å². The molecule has 2 aromatic rings. The van der Waals surface area contributed by atoms with Crippen molar-refractivity contribution in [2.24, 2.45) is 0 Å². The first-order valence-corrected chi connectivity index (χ1v) is 11.3. The number of benzene rings is 1. The molecule has 0 N–H and O–H groups in total. The van der Waals surface area contributed by atoms with Crippen LogP contribution in [0, 0.1) is 0 Å². The molecule has 1 saturated heterocycles. The molecular weight excluding hydrogens is 448 g/mol. The minimum Gasteiger partial charge on any atom is -0.490 e. The number of aromatic nitrogens is 2. The van der Waals surface area contributed by atoms with Crippen molar-refractivity contribution in [1.82, 2.24) is 14.5 Å². The summed E-state index contributed by atoms with van der Waals surface area (Å²) < 4.78 is 42.4. The van der Waals surface area contributed by atoms with Crippen LogP contribution in [-0.2, 0) is 24.3 Å². The van der Waals surface area contributed by atoms with Gasteiger partial charge in [0.05, 0.1) is 18.1 Å². The normalized spacial score (nSPS) is 14.8. The van der Waals surface area contributed by atoms with Crippen LogP contribution in [0.25, 0.3) is 0 Å². The van der Waals surface area contributed by atoms with Crippen LogP contribution in [0.1, 0.15) is 0 Å². The van der Waals surface area contributed by atoms with Crippen LogP contribution in [0.15, 0.2) is 41.3 Å². The lowest BCUT2D eigenvalue weighted by molar-refractivity contribution is -0.142. The predicted octanol–water partition coefficient (Wildman–Crippen LogP) is 1.21. The second-order valence-corrected chi connectivity index (χ2v) is 8.95. The van der Waals surface area contributed by atoms with E-state index in [4.69, 9.17) is 25.8 Å². The molecule has 0 saturated carbocycles. The highest BCUT2D eigenvalue weighted by molar-refractivity contribution is 7.89. The Labute approximate surface area is 185 Å². The Morgan fingerprint density at radius 1 is 1.13 bits per heavy atom. The van der Waals surface area contributed by atoms with Gasteiger partial charge in [-0.15, -0.1) is 10.2 Å². The van der Waals surface area contributed by atoms with Crippen LogP contribution in [0.3, 0.4) is 0 Å². The number of rotatable bonds is 9. The number of halogens is 1. The first kappa shape index (κ1) is 23.2. The van der Waals surface area contributed by atoms with Crippen molar-refractivity contribution in [2.45, 2.75) is 4.90 Å². The maximum absolute atomic E-state index is 12.6. The molecule has 0 aliphatic carbocycles. The molecule has 1 aliphatic rings. The highest BCUT2D eigenvalue weighted by Crippen LogP contribution is 2.20. The number of esters is 1. The maximum atomic E-state index is 12.6. The van der Waals surface area contributed by atoms with Gasteiger partial charge in [-0.1, -0.05) is 11.6 Å². The molecule has 1 aromatic carbocycles. The molecule has 3 rings (SSSR count). The number of hydrogen-bond donors (Lipinski definition) is 0. The molecular formula is C19H23ClN4O6S. The minimum absolute atomic E-state index is 0.00952. The molecule has 0 amide bonds. The number of nitrogens with zero attached hydrogens (tertiary/aromatic N) is 4. The molecule has 1 aliphatic heterocycles. The highest BCUT2D eigenvalue weighted by Gasteiger charge is 2.26. The molecule has 0 unspecified atom stereocenters. The zero-order valence-electron chi connectivity index (χ0n) is 16.9. The number of likely N-dealkylation sites (N-methyl/N-ethyl adjacent to an activating group) is 1. The summed E-state index contributed by atoms with van der Waals surface area (Å²) in [6.07, 6.45) is 0. The van der Waals surface area contributed by atoms with Gasteiger partial charge in [0.25, 0.3) is 0 Å². The fourth-order valence-corrected chi connectivity index (χ4v) is 4.30. The van der Waals surface area contributed by atoms with Crippen molar-refractivity contribution in [1.29, 1.82) is 0 Å². The zero-order valence-corrected chi connectivity index (χ0v) is 18.5. The van der Waals surface area contributed by atoms with Crippen molar-refractivity contribution in [3.63, 3.8) is 0 Å². The van der Waals surface area contributed by atoms with E-state index in [1.807, 2.05) is 0 Å². The summed E-state index contributed by atoms with van der Waals surface area (Å²) >= 11 is 5.69. The fraction of sp³-hybridized carbons (Fsp3) is 0.421. The van der Waals surface area contributed by atoms with Gasteiger partial charge in [0.1, 0.15) is 25.5 Å². The summed E-state index contributed by atoms with van der Waals surface area (Å²) in [6, 6.07) is 9.36. The summed E-state index contributed by atoms with van der Waals surface area (Å²) in [5.74, 6) is 0.519. The first-order valence-electron chi connectivity index (χ1n) is 9.53. The number of morpholine rings is 1. The Bertz CT molecular complexity index is 966. The smallest absolute Gasteiger partial charge is 0.325 e. The standard InChI is InChI=1S/C19H23ClN4O6S/c1-23(18-7-6-17(20)21-22-18)14-19(25)30-13-12-29-15-2-4-16(5-3-15)31(26,27)24-8-10-28-11-9-24/h2-7H,8-14H2,1H3. The average molecular weight is 471 g/mol. The average Bonchev–Trinajstić information content (AvgIpc) is 2.78. The van der Waals surface area contributed by atoms with Gasteiger partial charge in [0.15, 0.2) is 11.0 Å². The lowest BCUT2D eigenvalue weighted by Crippen LogP contribution is -2.40. The van der Waals surface area contributed by atoms with E-state index in [0.29, 0.717) is 37.9 Å². The van der Waals surface area contributed by atoms with Crippen molar-refractivity contribution in [2.75, 3.05) is 58.0 Å². The van der Waals surface area contributed by atoms with Crippen molar-refractivity contribution in [3.05, 3.63) is 41.6 Å². The third-order valence-electron chi connectivity index (χ3n) is 4.42. The monoisotopic (exact) mass is 470 g/mol. The topological polar surface area (TPSA) is 111 Å². The van der Waals surface area contributed by atoms with Crippen LogP contribution in [-0.4, -0.2) is 82.0 Å². The SMILES string of the molecule is CN(CC(=O)OCCOc1ccc(S(=O)(=O)N2CCOCC2)cc1)c1ccc(Cl)nn1. The molecule has 1 fully saturated rings. The zero-order chi connectivity index (χ0) is 22.3. The molecule has 0 spiro atoms. The van der Waals surface area contributed by atoms with Crippen LogP contribution in [0.4, 0.5) is 5.82 Å². The summed E-state index contributed by atoms with van der Waals surface area (Å²) in [5, 5.41) is 7.87. The molecule has 0 bridgehead atoms. The van der Waals surface area contributed by atoms with Gasteiger partial charge < -0.3 is 19.1 Å². The molecule has 31 heavy (non-hydrogen) atoms. The van der Waals surface area contributed by atoms with Crippen LogP contribution in [0.5, 0.6) is 5.75 Å². The van der Waals surface area contributed by atoms with E-state index in [1.54, 1.807) is 36.2 Å². The van der Waals surface area contributed by atoms with Crippen LogP contribution >= 0.6 is 11.6 Å². The Morgan fingerprint density at radius 2 is 1.84 bits per heavy atom. The van der Waals surface area contributed by atoms with Gasteiger partial charge in [-0.2, -0.15) is 4.31 Å². The Balaban J connectivity index is 1.41. The lowest BCUT2D eigenvalue weighted by atomic mass is 10.3.